The van der Waals surface area contributed by atoms with Gasteiger partial charge in [-0.3, -0.25) is 4.98 Å². The Morgan fingerprint density at radius 2 is 2.14 bits per heavy atom. The lowest BCUT2D eigenvalue weighted by Crippen LogP contribution is -1.96. The molecule has 2 heterocycles. The highest BCUT2D eigenvalue weighted by Gasteiger charge is 2.06. The van der Waals surface area contributed by atoms with Gasteiger partial charge in [0.2, 0.25) is 0 Å². The maximum atomic E-state index is 6.01. The van der Waals surface area contributed by atoms with Crippen LogP contribution < -0.4 is 0 Å². The first-order valence-corrected chi connectivity index (χ1v) is 7.83. The molecule has 3 aromatic rings. The molecule has 0 atom stereocenters. The van der Waals surface area contributed by atoms with Gasteiger partial charge in [0.15, 0.2) is 0 Å². The predicted molar refractivity (Wildman–Crippen MR) is 90.7 cm³/mol. The van der Waals surface area contributed by atoms with Gasteiger partial charge in [0.1, 0.15) is 0 Å². The molecule has 0 amide bonds. The van der Waals surface area contributed by atoms with E-state index in [2.05, 4.69) is 21.9 Å². The SMILES string of the molecule is ClCCCC#Cc1cnn(-c2ccnc3cc(Cl)ccc23)c1. The van der Waals surface area contributed by atoms with E-state index in [-0.39, 0.29) is 0 Å². The van der Waals surface area contributed by atoms with Crippen molar-refractivity contribution in [1.82, 2.24) is 14.8 Å². The molecule has 2 aromatic heterocycles. The van der Waals surface area contributed by atoms with E-state index in [4.69, 9.17) is 23.2 Å². The van der Waals surface area contributed by atoms with E-state index >= 15 is 0 Å². The van der Waals surface area contributed by atoms with Crippen LogP contribution in [0.25, 0.3) is 16.6 Å². The van der Waals surface area contributed by atoms with E-state index in [1.165, 1.54) is 0 Å². The first kappa shape index (κ1) is 14.9. The van der Waals surface area contributed by atoms with E-state index in [1.807, 2.05) is 35.1 Å². The highest BCUT2D eigenvalue weighted by molar-refractivity contribution is 6.31. The summed E-state index contributed by atoms with van der Waals surface area (Å²) >= 11 is 11.6. The third kappa shape index (κ3) is 3.24. The highest BCUT2D eigenvalue weighted by atomic mass is 35.5. The summed E-state index contributed by atoms with van der Waals surface area (Å²) in [4.78, 5) is 4.34. The van der Waals surface area contributed by atoms with Crippen molar-refractivity contribution in [3.05, 3.63) is 53.4 Å². The summed E-state index contributed by atoms with van der Waals surface area (Å²) in [5, 5.41) is 6.05. The summed E-state index contributed by atoms with van der Waals surface area (Å²) in [7, 11) is 0. The van der Waals surface area contributed by atoms with Crippen LogP contribution in [0, 0.1) is 11.8 Å². The molecule has 0 unspecified atom stereocenters. The molecule has 22 heavy (non-hydrogen) atoms. The van der Waals surface area contributed by atoms with E-state index in [9.17, 15) is 0 Å². The lowest BCUT2D eigenvalue weighted by molar-refractivity contribution is 0.886. The normalized spacial score (nSPS) is 10.5. The van der Waals surface area contributed by atoms with Gasteiger partial charge in [-0.25, -0.2) is 4.68 Å². The van der Waals surface area contributed by atoms with Crippen molar-refractivity contribution >= 4 is 34.1 Å². The van der Waals surface area contributed by atoms with Gasteiger partial charge in [0.25, 0.3) is 0 Å². The Morgan fingerprint density at radius 1 is 1.23 bits per heavy atom. The minimum absolute atomic E-state index is 0.638. The number of unbranched alkanes of at least 4 members (excludes halogenated alkanes) is 1. The Bertz CT molecular complexity index is 859. The summed E-state index contributed by atoms with van der Waals surface area (Å²) in [5.74, 6) is 6.83. The summed E-state index contributed by atoms with van der Waals surface area (Å²) in [6.07, 6.45) is 7.12. The largest absolute Gasteiger partial charge is 0.256 e. The molecule has 3 rings (SSSR count). The fraction of sp³-hybridized carbons (Fsp3) is 0.176. The van der Waals surface area contributed by atoms with Crippen LogP contribution in [-0.2, 0) is 0 Å². The molecular formula is C17H13Cl2N3. The minimum Gasteiger partial charge on any atom is -0.256 e. The van der Waals surface area contributed by atoms with Gasteiger partial charge in [-0.1, -0.05) is 23.4 Å². The van der Waals surface area contributed by atoms with Crippen molar-refractivity contribution in [1.29, 1.82) is 0 Å². The first-order valence-electron chi connectivity index (χ1n) is 6.92. The van der Waals surface area contributed by atoms with Gasteiger partial charge in [-0.2, -0.15) is 5.10 Å². The van der Waals surface area contributed by atoms with Crippen LogP contribution in [0.1, 0.15) is 18.4 Å². The molecule has 0 N–H and O–H groups in total. The molecule has 1 aromatic carbocycles. The van der Waals surface area contributed by atoms with Crippen LogP contribution in [0.2, 0.25) is 5.02 Å². The van der Waals surface area contributed by atoms with Crippen molar-refractivity contribution < 1.29 is 0 Å². The second kappa shape index (κ2) is 6.83. The van der Waals surface area contributed by atoms with Crippen molar-refractivity contribution in [3.8, 4) is 17.5 Å². The number of alkyl halides is 1. The number of benzene rings is 1. The fourth-order valence-corrected chi connectivity index (χ4v) is 2.44. The van der Waals surface area contributed by atoms with Crippen molar-refractivity contribution in [2.45, 2.75) is 12.8 Å². The number of hydrogen-bond donors (Lipinski definition) is 0. The average Bonchev–Trinajstić information content (AvgIpc) is 2.99. The van der Waals surface area contributed by atoms with Crippen LogP contribution in [0.4, 0.5) is 0 Å². The van der Waals surface area contributed by atoms with Crippen LogP contribution in [0.5, 0.6) is 0 Å². The zero-order chi connectivity index (χ0) is 15.4. The molecule has 0 bridgehead atoms. The molecule has 0 spiro atoms. The van der Waals surface area contributed by atoms with Crippen molar-refractivity contribution in [3.63, 3.8) is 0 Å². The van der Waals surface area contributed by atoms with Gasteiger partial charge in [0, 0.05) is 35.1 Å². The van der Waals surface area contributed by atoms with Gasteiger partial charge in [0.05, 0.1) is 23.0 Å². The van der Waals surface area contributed by atoms with Crippen LogP contribution in [0.3, 0.4) is 0 Å². The smallest absolute Gasteiger partial charge is 0.0755 e. The Morgan fingerprint density at radius 3 is 3.00 bits per heavy atom. The van der Waals surface area contributed by atoms with Gasteiger partial charge in [-0.05, 0) is 30.7 Å². The number of fused-ring (bicyclic) bond motifs is 1. The number of pyridine rings is 1. The minimum atomic E-state index is 0.638. The monoisotopic (exact) mass is 329 g/mol. The quantitative estimate of drug-likeness (QED) is 0.404. The Hall–Kier alpha value is -2.02. The number of halogens is 2. The van der Waals surface area contributed by atoms with Crippen molar-refractivity contribution in [2.24, 2.45) is 0 Å². The molecule has 5 heteroatoms. The molecule has 0 aliphatic rings. The van der Waals surface area contributed by atoms with E-state index < -0.39 is 0 Å². The van der Waals surface area contributed by atoms with Gasteiger partial charge in [-0.15, -0.1) is 11.6 Å². The number of hydrogen-bond acceptors (Lipinski definition) is 2. The second-order valence-electron chi connectivity index (χ2n) is 4.76. The van der Waals surface area contributed by atoms with E-state index in [0.717, 1.165) is 35.0 Å². The molecule has 0 fully saturated rings. The fourth-order valence-electron chi connectivity index (χ4n) is 2.14. The number of nitrogens with zero attached hydrogens (tertiary/aromatic N) is 3. The molecule has 0 saturated heterocycles. The topological polar surface area (TPSA) is 30.7 Å². The molecule has 0 saturated carbocycles. The zero-order valence-corrected chi connectivity index (χ0v) is 13.3. The van der Waals surface area contributed by atoms with Crippen LogP contribution in [0.15, 0.2) is 42.9 Å². The lowest BCUT2D eigenvalue weighted by Gasteiger charge is -2.05. The maximum Gasteiger partial charge on any atom is 0.0755 e. The van der Waals surface area contributed by atoms with E-state index in [0.29, 0.717) is 10.9 Å². The molecule has 0 aliphatic carbocycles. The number of aromatic nitrogens is 3. The summed E-state index contributed by atoms with van der Waals surface area (Å²) < 4.78 is 1.81. The standard InChI is InChI=1S/C17H13Cl2N3/c18-8-3-1-2-4-13-11-21-22(12-13)17-7-9-20-16-10-14(19)5-6-15(16)17/h5-7,9-12H,1,3,8H2. The third-order valence-electron chi connectivity index (χ3n) is 3.18. The van der Waals surface area contributed by atoms with Crippen LogP contribution >= 0.6 is 23.2 Å². The molecule has 110 valence electrons. The van der Waals surface area contributed by atoms with Crippen molar-refractivity contribution in [2.75, 3.05) is 5.88 Å². The molecule has 0 radical (unpaired) electrons. The predicted octanol–water partition coefficient (Wildman–Crippen LogP) is 4.44. The lowest BCUT2D eigenvalue weighted by atomic mass is 10.2. The third-order valence-corrected chi connectivity index (χ3v) is 3.68. The van der Waals surface area contributed by atoms with Gasteiger partial charge < -0.3 is 0 Å². The zero-order valence-electron chi connectivity index (χ0n) is 11.8. The Balaban J connectivity index is 1.94. The van der Waals surface area contributed by atoms with Crippen LogP contribution in [-0.4, -0.2) is 20.6 Å². The Labute approximate surface area is 138 Å². The highest BCUT2D eigenvalue weighted by Crippen LogP contribution is 2.23. The number of rotatable bonds is 3. The summed E-state index contributed by atoms with van der Waals surface area (Å²) in [5.41, 5.74) is 2.68. The summed E-state index contributed by atoms with van der Waals surface area (Å²) in [6.45, 7) is 0. The molecular weight excluding hydrogens is 317 g/mol. The van der Waals surface area contributed by atoms with Gasteiger partial charge >= 0.3 is 0 Å². The molecule has 3 nitrogen and oxygen atoms in total. The molecule has 0 aliphatic heterocycles. The summed E-state index contributed by atoms with van der Waals surface area (Å²) in [6, 6.07) is 7.57. The Kier molecular flexibility index (Phi) is 4.62. The second-order valence-corrected chi connectivity index (χ2v) is 5.57. The average molecular weight is 330 g/mol. The maximum absolute atomic E-state index is 6.01. The first-order chi connectivity index (χ1) is 10.8. The van der Waals surface area contributed by atoms with E-state index in [1.54, 1.807) is 12.4 Å².